The number of hydrogen-bond donors (Lipinski definition) is 1. The molecule has 6 heteroatoms. The third kappa shape index (κ3) is 3.45. The fourth-order valence-electron chi connectivity index (χ4n) is 3.64. The summed E-state index contributed by atoms with van der Waals surface area (Å²) in [5, 5.41) is 10.3. The van der Waals surface area contributed by atoms with Gasteiger partial charge in [-0.05, 0) is 45.2 Å². The third-order valence-electron chi connectivity index (χ3n) is 5.04. The molecule has 2 aliphatic heterocycles. The first-order valence-electron chi connectivity index (χ1n) is 8.16. The second kappa shape index (κ2) is 5.84. The number of aliphatic hydroxyl groups is 1. The Morgan fingerprint density at radius 1 is 1.13 bits per heavy atom. The van der Waals surface area contributed by atoms with E-state index in [0.717, 1.165) is 5.56 Å². The molecule has 5 nitrogen and oxygen atoms in total. The lowest BCUT2D eigenvalue weighted by atomic mass is 9.78. The number of rotatable bonds is 2. The summed E-state index contributed by atoms with van der Waals surface area (Å²) in [6.45, 7) is 5.19. The molecule has 0 radical (unpaired) electrons. The van der Waals surface area contributed by atoms with Crippen LogP contribution in [0.4, 0.5) is 0 Å². The Labute approximate surface area is 138 Å². The number of hydrogen-bond acceptors (Lipinski definition) is 4. The van der Waals surface area contributed by atoms with E-state index in [9.17, 15) is 13.5 Å². The predicted molar refractivity (Wildman–Crippen MR) is 87.7 cm³/mol. The standard InChI is InChI=1S/C17H25NO4S/c1-14-3-5-15(6-4-14)23(20,21)18-10-7-17(8-11-18)13-16(2,19)9-12-22-17/h3-6,19H,7-13H2,1-2H3. The van der Waals surface area contributed by atoms with Gasteiger partial charge >= 0.3 is 0 Å². The van der Waals surface area contributed by atoms with Crippen molar-refractivity contribution >= 4 is 10.0 Å². The molecule has 1 unspecified atom stereocenters. The van der Waals surface area contributed by atoms with Crippen molar-refractivity contribution in [2.75, 3.05) is 19.7 Å². The number of benzene rings is 1. The van der Waals surface area contributed by atoms with E-state index in [4.69, 9.17) is 4.74 Å². The van der Waals surface area contributed by atoms with Crippen LogP contribution >= 0.6 is 0 Å². The summed E-state index contributed by atoms with van der Waals surface area (Å²) >= 11 is 0. The molecule has 1 atom stereocenters. The van der Waals surface area contributed by atoms with Gasteiger partial charge in [0.15, 0.2) is 0 Å². The molecular weight excluding hydrogens is 314 g/mol. The summed E-state index contributed by atoms with van der Waals surface area (Å²) in [6.07, 6.45) is 2.49. The zero-order valence-corrected chi connectivity index (χ0v) is 14.6. The van der Waals surface area contributed by atoms with E-state index in [1.54, 1.807) is 12.1 Å². The number of piperidine rings is 1. The van der Waals surface area contributed by atoms with Gasteiger partial charge in [-0.1, -0.05) is 17.7 Å². The number of aryl methyl sites for hydroxylation is 1. The average Bonchev–Trinajstić information content (AvgIpc) is 2.47. The van der Waals surface area contributed by atoms with Crippen LogP contribution in [0.2, 0.25) is 0 Å². The van der Waals surface area contributed by atoms with E-state index in [2.05, 4.69) is 0 Å². The predicted octanol–water partition coefficient (Wildman–Crippen LogP) is 2.08. The number of sulfonamides is 1. The van der Waals surface area contributed by atoms with Gasteiger partial charge in [0.25, 0.3) is 0 Å². The normalized spacial score (nSPS) is 28.8. The van der Waals surface area contributed by atoms with Crippen molar-refractivity contribution in [3.63, 3.8) is 0 Å². The number of ether oxygens (including phenoxy) is 1. The van der Waals surface area contributed by atoms with Gasteiger partial charge in [0.05, 0.1) is 22.7 Å². The van der Waals surface area contributed by atoms with E-state index >= 15 is 0 Å². The molecule has 0 amide bonds. The van der Waals surface area contributed by atoms with Crippen molar-refractivity contribution in [1.82, 2.24) is 4.31 Å². The summed E-state index contributed by atoms with van der Waals surface area (Å²) in [7, 11) is -3.45. The molecule has 0 aliphatic carbocycles. The molecule has 0 saturated carbocycles. The zero-order valence-electron chi connectivity index (χ0n) is 13.8. The van der Waals surface area contributed by atoms with Crippen molar-refractivity contribution in [2.24, 2.45) is 0 Å². The molecule has 0 aromatic heterocycles. The topological polar surface area (TPSA) is 66.8 Å². The van der Waals surface area contributed by atoms with Gasteiger partial charge in [-0.2, -0.15) is 4.31 Å². The van der Waals surface area contributed by atoms with Gasteiger partial charge in [-0.3, -0.25) is 0 Å². The van der Waals surface area contributed by atoms with Gasteiger partial charge in [0.2, 0.25) is 10.0 Å². The van der Waals surface area contributed by atoms with Crippen LogP contribution in [-0.4, -0.2) is 48.7 Å². The molecule has 1 N–H and O–H groups in total. The second-order valence-corrected chi connectivity index (χ2v) is 9.11. The van der Waals surface area contributed by atoms with Crippen LogP contribution in [0.15, 0.2) is 29.2 Å². The molecule has 2 aliphatic rings. The molecule has 3 rings (SSSR count). The Morgan fingerprint density at radius 2 is 1.74 bits per heavy atom. The van der Waals surface area contributed by atoms with Gasteiger partial charge in [-0.15, -0.1) is 0 Å². The molecule has 2 saturated heterocycles. The Bertz CT molecular complexity index is 658. The minimum Gasteiger partial charge on any atom is -0.390 e. The summed E-state index contributed by atoms with van der Waals surface area (Å²) in [5.41, 5.74) is -0.0449. The van der Waals surface area contributed by atoms with E-state index in [1.165, 1.54) is 4.31 Å². The fraction of sp³-hybridized carbons (Fsp3) is 0.647. The zero-order chi connectivity index (χ0) is 16.7. The summed E-state index contributed by atoms with van der Waals surface area (Å²) in [4.78, 5) is 0.343. The number of nitrogens with zero attached hydrogens (tertiary/aromatic N) is 1. The highest BCUT2D eigenvalue weighted by Gasteiger charge is 2.46. The van der Waals surface area contributed by atoms with Crippen molar-refractivity contribution in [2.45, 2.75) is 55.6 Å². The summed E-state index contributed by atoms with van der Waals surface area (Å²) in [5.74, 6) is 0. The Hall–Kier alpha value is -0.950. The monoisotopic (exact) mass is 339 g/mol. The lowest BCUT2D eigenvalue weighted by Crippen LogP contribution is -2.54. The maximum Gasteiger partial charge on any atom is 0.243 e. The molecular formula is C17H25NO4S. The maximum atomic E-state index is 12.7. The molecule has 23 heavy (non-hydrogen) atoms. The molecule has 2 fully saturated rings. The highest BCUT2D eigenvalue weighted by molar-refractivity contribution is 7.89. The van der Waals surface area contributed by atoms with Crippen LogP contribution in [0, 0.1) is 6.92 Å². The first-order valence-corrected chi connectivity index (χ1v) is 9.60. The summed E-state index contributed by atoms with van der Waals surface area (Å²) < 4.78 is 32.9. The van der Waals surface area contributed by atoms with E-state index < -0.39 is 15.6 Å². The summed E-state index contributed by atoms with van der Waals surface area (Å²) in [6, 6.07) is 6.97. The molecule has 1 aromatic rings. The van der Waals surface area contributed by atoms with Gasteiger partial charge < -0.3 is 9.84 Å². The Morgan fingerprint density at radius 3 is 2.30 bits per heavy atom. The van der Waals surface area contributed by atoms with Crippen LogP contribution in [0.3, 0.4) is 0 Å². The van der Waals surface area contributed by atoms with Crippen LogP contribution in [-0.2, 0) is 14.8 Å². The highest BCUT2D eigenvalue weighted by Crippen LogP contribution is 2.40. The Balaban J connectivity index is 1.72. The second-order valence-electron chi connectivity index (χ2n) is 7.17. The Kier molecular flexibility index (Phi) is 4.29. The van der Waals surface area contributed by atoms with E-state index in [1.807, 2.05) is 26.0 Å². The SMILES string of the molecule is Cc1ccc(S(=O)(=O)N2CCC3(CC2)CC(C)(O)CCO3)cc1. The highest BCUT2D eigenvalue weighted by atomic mass is 32.2. The van der Waals surface area contributed by atoms with Gasteiger partial charge in [0.1, 0.15) is 0 Å². The van der Waals surface area contributed by atoms with Crippen molar-refractivity contribution in [3.05, 3.63) is 29.8 Å². The largest absolute Gasteiger partial charge is 0.390 e. The lowest BCUT2D eigenvalue weighted by molar-refractivity contribution is -0.168. The van der Waals surface area contributed by atoms with Crippen LogP contribution in [0.25, 0.3) is 0 Å². The average molecular weight is 339 g/mol. The van der Waals surface area contributed by atoms with Crippen LogP contribution in [0.5, 0.6) is 0 Å². The van der Waals surface area contributed by atoms with Crippen LogP contribution < -0.4 is 0 Å². The molecule has 128 valence electrons. The van der Waals surface area contributed by atoms with Crippen molar-refractivity contribution in [1.29, 1.82) is 0 Å². The van der Waals surface area contributed by atoms with E-state index in [-0.39, 0.29) is 5.60 Å². The van der Waals surface area contributed by atoms with Crippen molar-refractivity contribution < 1.29 is 18.3 Å². The van der Waals surface area contributed by atoms with Crippen molar-refractivity contribution in [3.8, 4) is 0 Å². The lowest BCUT2D eigenvalue weighted by Gasteiger charge is -2.47. The van der Waals surface area contributed by atoms with Gasteiger partial charge in [-0.25, -0.2) is 8.42 Å². The minimum atomic E-state index is -3.45. The molecule has 0 bridgehead atoms. The maximum absolute atomic E-state index is 12.7. The first kappa shape index (κ1) is 16.9. The minimum absolute atomic E-state index is 0.343. The molecule has 2 heterocycles. The fourth-order valence-corrected chi connectivity index (χ4v) is 5.08. The van der Waals surface area contributed by atoms with E-state index in [0.29, 0.717) is 50.3 Å². The third-order valence-corrected chi connectivity index (χ3v) is 6.96. The first-order chi connectivity index (χ1) is 10.7. The van der Waals surface area contributed by atoms with Crippen LogP contribution in [0.1, 0.15) is 38.2 Å². The smallest absolute Gasteiger partial charge is 0.243 e. The molecule has 1 spiro atoms. The molecule has 1 aromatic carbocycles. The quantitative estimate of drug-likeness (QED) is 0.896. The van der Waals surface area contributed by atoms with Gasteiger partial charge in [0, 0.05) is 19.5 Å².